The summed E-state index contributed by atoms with van der Waals surface area (Å²) in [7, 11) is 1.97. The van der Waals surface area contributed by atoms with E-state index >= 15 is 0 Å². The molecule has 0 aromatic heterocycles. The summed E-state index contributed by atoms with van der Waals surface area (Å²) in [4.78, 5) is 2.10. The lowest BCUT2D eigenvalue weighted by molar-refractivity contribution is 0.104. The van der Waals surface area contributed by atoms with E-state index in [0.29, 0.717) is 12.6 Å². The van der Waals surface area contributed by atoms with Crippen molar-refractivity contribution in [2.75, 3.05) is 13.6 Å². The van der Waals surface area contributed by atoms with Crippen molar-refractivity contribution in [2.45, 2.75) is 51.0 Å². The van der Waals surface area contributed by atoms with Gasteiger partial charge in [-0.15, -0.1) is 0 Å². The third-order valence-corrected chi connectivity index (χ3v) is 2.90. The minimum Gasteiger partial charge on any atom is -0.303 e. The second kappa shape index (κ2) is 5.53. The Hall–Kier alpha value is -0.180. The van der Waals surface area contributed by atoms with Gasteiger partial charge in [0, 0.05) is 19.0 Å². The molecule has 0 spiro atoms. The molecule has 1 rings (SSSR count). The van der Waals surface area contributed by atoms with Crippen molar-refractivity contribution in [3.8, 4) is 0 Å². The minimum atomic E-state index is -2.15. The zero-order valence-electron chi connectivity index (χ0n) is 8.31. The van der Waals surface area contributed by atoms with Gasteiger partial charge in [-0.3, -0.25) is 0 Å². The Morgan fingerprint density at radius 3 is 2.38 bits per heavy atom. The average molecular weight is 191 g/mol. The second-order valence-corrected chi connectivity index (χ2v) is 3.95. The molecule has 0 unspecified atom stereocenters. The maximum absolute atomic E-state index is 11.9. The largest absolute Gasteiger partial charge is 0.303 e. The number of rotatable bonds is 4. The molecule has 0 heterocycles. The standard InChI is InChI=1S/C10H19F2N/c1-13(8-7-10(11)12)9-5-3-2-4-6-9/h9-10H,2-8H2,1H3. The Morgan fingerprint density at radius 2 is 1.85 bits per heavy atom. The molecular formula is C10H19F2N. The summed E-state index contributed by atoms with van der Waals surface area (Å²) in [5.74, 6) is 0. The highest BCUT2D eigenvalue weighted by atomic mass is 19.3. The molecule has 1 nitrogen and oxygen atoms in total. The number of nitrogens with zero attached hydrogens (tertiary/aromatic N) is 1. The van der Waals surface area contributed by atoms with Crippen LogP contribution < -0.4 is 0 Å². The van der Waals surface area contributed by atoms with Gasteiger partial charge in [-0.2, -0.15) is 0 Å². The van der Waals surface area contributed by atoms with Crippen LogP contribution in [0.4, 0.5) is 8.78 Å². The van der Waals surface area contributed by atoms with Gasteiger partial charge < -0.3 is 4.90 Å². The molecule has 0 aliphatic heterocycles. The number of alkyl halides is 2. The van der Waals surface area contributed by atoms with Gasteiger partial charge >= 0.3 is 0 Å². The molecule has 1 fully saturated rings. The molecule has 0 N–H and O–H groups in total. The zero-order valence-corrected chi connectivity index (χ0v) is 8.31. The number of hydrogen-bond donors (Lipinski definition) is 0. The average Bonchev–Trinajstić information content (AvgIpc) is 2.15. The SMILES string of the molecule is CN(CCC(F)F)C1CCCCC1. The van der Waals surface area contributed by atoms with Crippen molar-refractivity contribution in [1.82, 2.24) is 4.90 Å². The Bertz CT molecular complexity index is 133. The summed E-state index contributed by atoms with van der Waals surface area (Å²) in [6.07, 6.45) is 4.12. The van der Waals surface area contributed by atoms with Gasteiger partial charge in [0.1, 0.15) is 0 Å². The lowest BCUT2D eigenvalue weighted by Gasteiger charge is -2.31. The minimum absolute atomic E-state index is 0.0208. The van der Waals surface area contributed by atoms with Crippen molar-refractivity contribution in [3.63, 3.8) is 0 Å². The first-order valence-corrected chi connectivity index (χ1v) is 5.18. The van der Waals surface area contributed by atoms with Crippen LogP contribution in [0.1, 0.15) is 38.5 Å². The van der Waals surface area contributed by atoms with Crippen LogP contribution in [0.5, 0.6) is 0 Å². The molecule has 0 radical (unpaired) electrons. The topological polar surface area (TPSA) is 3.24 Å². The molecule has 1 saturated carbocycles. The Kier molecular flexibility index (Phi) is 4.64. The van der Waals surface area contributed by atoms with E-state index in [-0.39, 0.29) is 6.42 Å². The van der Waals surface area contributed by atoms with E-state index in [9.17, 15) is 8.78 Å². The highest BCUT2D eigenvalue weighted by Gasteiger charge is 2.18. The molecule has 3 heteroatoms. The van der Waals surface area contributed by atoms with E-state index in [4.69, 9.17) is 0 Å². The Labute approximate surface area is 79.1 Å². The fraction of sp³-hybridized carbons (Fsp3) is 1.00. The molecule has 1 aliphatic carbocycles. The predicted octanol–water partition coefficient (Wildman–Crippen LogP) is 2.91. The molecule has 0 amide bonds. The van der Waals surface area contributed by atoms with Crippen molar-refractivity contribution < 1.29 is 8.78 Å². The third kappa shape index (κ3) is 4.03. The van der Waals surface area contributed by atoms with Gasteiger partial charge in [-0.05, 0) is 19.9 Å². The number of halogens is 2. The first kappa shape index (κ1) is 10.9. The quantitative estimate of drug-likeness (QED) is 0.660. The summed E-state index contributed by atoms with van der Waals surface area (Å²) < 4.78 is 23.9. The fourth-order valence-corrected chi connectivity index (χ4v) is 2.01. The summed E-state index contributed by atoms with van der Waals surface area (Å²) in [6.45, 7) is 0.544. The van der Waals surface area contributed by atoms with Gasteiger partial charge in [0.2, 0.25) is 6.43 Å². The van der Waals surface area contributed by atoms with Crippen molar-refractivity contribution in [3.05, 3.63) is 0 Å². The predicted molar refractivity (Wildman–Crippen MR) is 50.1 cm³/mol. The normalized spacial score (nSPS) is 20.1. The van der Waals surface area contributed by atoms with Crippen LogP contribution in [0.2, 0.25) is 0 Å². The van der Waals surface area contributed by atoms with Crippen molar-refractivity contribution in [2.24, 2.45) is 0 Å². The molecule has 1 aliphatic rings. The highest BCUT2D eigenvalue weighted by molar-refractivity contribution is 4.73. The summed E-state index contributed by atoms with van der Waals surface area (Å²) >= 11 is 0. The van der Waals surface area contributed by atoms with Crippen LogP contribution in [0.15, 0.2) is 0 Å². The molecule has 0 bridgehead atoms. The van der Waals surface area contributed by atoms with Crippen LogP contribution in [-0.2, 0) is 0 Å². The van der Waals surface area contributed by atoms with Crippen molar-refractivity contribution >= 4 is 0 Å². The summed E-state index contributed by atoms with van der Waals surface area (Å²) in [5.41, 5.74) is 0. The fourth-order valence-electron chi connectivity index (χ4n) is 2.01. The van der Waals surface area contributed by atoms with Gasteiger partial charge in [0.25, 0.3) is 0 Å². The van der Waals surface area contributed by atoms with Crippen LogP contribution in [0.25, 0.3) is 0 Å². The van der Waals surface area contributed by atoms with E-state index in [1.807, 2.05) is 7.05 Å². The van der Waals surface area contributed by atoms with Crippen LogP contribution in [-0.4, -0.2) is 31.0 Å². The molecule has 0 aromatic rings. The van der Waals surface area contributed by atoms with E-state index in [1.54, 1.807) is 0 Å². The number of hydrogen-bond acceptors (Lipinski definition) is 1. The molecule has 0 aromatic carbocycles. The van der Waals surface area contributed by atoms with Crippen LogP contribution in [0, 0.1) is 0 Å². The molecular weight excluding hydrogens is 172 g/mol. The second-order valence-electron chi connectivity index (χ2n) is 3.95. The monoisotopic (exact) mass is 191 g/mol. The lowest BCUT2D eigenvalue weighted by Crippen LogP contribution is -2.34. The maximum atomic E-state index is 11.9. The first-order chi connectivity index (χ1) is 6.20. The molecule has 13 heavy (non-hydrogen) atoms. The van der Waals surface area contributed by atoms with Crippen LogP contribution >= 0.6 is 0 Å². The third-order valence-electron chi connectivity index (χ3n) is 2.90. The van der Waals surface area contributed by atoms with E-state index in [1.165, 1.54) is 32.1 Å². The van der Waals surface area contributed by atoms with Crippen LogP contribution in [0.3, 0.4) is 0 Å². The van der Waals surface area contributed by atoms with E-state index in [2.05, 4.69) is 4.90 Å². The highest BCUT2D eigenvalue weighted by Crippen LogP contribution is 2.21. The first-order valence-electron chi connectivity index (χ1n) is 5.18. The van der Waals surface area contributed by atoms with Gasteiger partial charge in [-0.1, -0.05) is 19.3 Å². The van der Waals surface area contributed by atoms with Gasteiger partial charge in [0.15, 0.2) is 0 Å². The van der Waals surface area contributed by atoms with Gasteiger partial charge in [0.05, 0.1) is 0 Å². The summed E-state index contributed by atoms with van der Waals surface area (Å²) in [6, 6.07) is 0.562. The molecule has 0 saturated heterocycles. The van der Waals surface area contributed by atoms with Gasteiger partial charge in [-0.25, -0.2) is 8.78 Å². The van der Waals surface area contributed by atoms with E-state index < -0.39 is 6.43 Å². The maximum Gasteiger partial charge on any atom is 0.239 e. The molecule has 78 valence electrons. The smallest absolute Gasteiger partial charge is 0.239 e. The lowest BCUT2D eigenvalue weighted by atomic mass is 9.94. The Balaban J connectivity index is 2.17. The Morgan fingerprint density at radius 1 is 1.23 bits per heavy atom. The van der Waals surface area contributed by atoms with E-state index in [0.717, 1.165) is 0 Å². The zero-order chi connectivity index (χ0) is 9.68. The van der Waals surface area contributed by atoms with Crippen molar-refractivity contribution in [1.29, 1.82) is 0 Å². The molecule has 0 atom stereocenters. The summed E-state index contributed by atoms with van der Waals surface area (Å²) in [5, 5.41) is 0.